The van der Waals surface area contributed by atoms with Crippen LogP contribution in [-0.2, 0) is 0 Å². The number of benzene rings is 5. The summed E-state index contributed by atoms with van der Waals surface area (Å²) in [5.41, 5.74) is 0. The molecule has 0 aliphatic heterocycles. The van der Waals surface area contributed by atoms with Gasteiger partial charge in [-0.1, -0.05) is 0 Å². The van der Waals surface area contributed by atoms with Crippen molar-refractivity contribution in [3.63, 3.8) is 0 Å². The Kier molecular flexibility index (Phi) is 11.6. The van der Waals surface area contributed by atoms with Crippen LogP contribution in [0, 0.1) is 0 Å². The van der Waals surface area contributed by atoms with Gasteiger partial charge in [-0.3, -0.25) is 0 Å². The van der Waals surface area contributed by atoms with Gasteiger partial charge in [0.15, 0.2) is 0 Å². The van der Waals surface area contributed by atoms with E-state index in [1.807, 2.05) is 0 Å². The first-order valence-corrected chi connectivity index (χ1v) is 19.1. The van der Waals surface area contributed by atoms with Crippen molar-refractivity contribution in [1.29, 1.82) is 0 Å². The van der Waals surface area contributed by atoms with Crippen LogP contribution in [0.25, 0.3) is 0 Å². The first-order valence-electron chi connectivity index (χ1n) is 14.0. The van der Waals surface area contributed by atoms with Gasteiger partial charge in [0, 0.05) is 0 Å². The van der Waals surface area contributed by atoms with Gasteiger partial charge in [0.25, 0.3) is 0 Å². The second kappa shape index (κ2) is 16.0. The summed E-state index contributed by atoms with van der Waals surface area (Å²) in [6, 6.07) is 55.8. The van der Waals surface area contributed by atoms with E-state index < -0.39 is 15.8 Å². The standard InChI is InChI=1S/C36H37NP2Se/c1-6-18-32(19-7-1)38(33-20-8-2-9-21-33)30-37(28-16-17-29-40-36-26-14-5-15-27-36)31-39(34-22-10-3-11-23-34)35-24-12-4-13-25-35/h1-15,18-27H,16-17,28-31H2. The molecule has 0 unspecified atom stereocenters. The van der Waals surface area contributed by atoms with Gasteiger partial charge in [0.1, 0.15) is 0 Å². The van der Waals surface area contributed by atoms with Gasteiger partial charge >= 0.3 is 250 Å². The van der Waals surface area contributed by atoms with E-state index in [2.05, 4.69) is 157 Å². The topological polar surface area (TPSA) is 3.24 Å². The van der Waals surface area contributed by atoms with E-state index in [-0.39, 0.29) is 0 Å². The minimum absolute atomic E-state index is 0.479. The van der Waals surface area contributed by atoms with Crippen molar-refractivity contribution in [3.8, 4) is 0 Å². The number of hydrogen-bond acceptors (Lipinski definition) is 1. The van der Waals surface area contributed by atoms with Gasteiger partial charge in [0.2, 0.25) is 0 Å². The van der Waals surface area contributed by atoms with Crippen LogP contribution in [0.2, 0.25) is 5.32 Å². The van der Waals surface area contributed by atoms with Crippen molar-refractivity contribution < 1.29 is 0 Å². The average Bonchev–Trinajstić information content (AvgIpc) is 3.04. The van der Waals surface area contributed by atoms with Crippen molar-refractivity contribution in [2.75, 3.05) is 19.1 Å². The first-order chi connectivity index (χ1) is 19.9. The fourth-order valence-electron chi connectivity index (χ4n) is 4.79. The molecule has 0 aliphatic carbocycles. The summed E-state index contributed by atoms with van der Waals surface area (Å²) in [7, 11) is -0.958. The van der Waals surface area contributed by atoms with Gasteiger partial charge in [-0.25, -0.2) is 0 Å². The Morgan fingerprint density at radius 2 is 0.775 bits per heavy atom. The average molecular weight is 625 g/mol. The molecule has 0 spiro atoms. The molecule has 5 aromatic rings. The molecule has 40 heavy (non-hydrogen) atoms. The zero-order valence-electron chi connectivity index (χ0n) is 22.9. The molecule has 0 atom stereocenters. The molecule has 4 heteroatoms. The maximum absolute atomic E-state index is 2.80. The molecule has 202 valence electrons. The molecule has 0 amide bonds. The van der Waals surface area contributed by atoms with Crippen LogP contribution >= 0.6 is 15.8 Å². The van der Waals surface area contributed by atoms with Gasteiger partial charge in [-0.2, -0.15) is 0 Å². The van der Waals surface area contributed by atoms with Crippen LogP contribution < -0.4 is 25.7 Å². The van der Waals surface area contributed by atoms with E-state index in [4.69, 9.17) is 0 Å². The zero-order valence-corrected chi connectivity index (χ0v) is 26.4. The molecule has 0 fully saturated rings. The van der Waals surface area contributed by atoms with E-state index in [1.165, 1.54) is 43.8 Å². The van der Waals surface area contributed by atoms with E-state index in [0.717, 1.165) is 19.1 Å². The predicted octanol–water partition coefficient (Wildman–Crippen LogP) is 6.70. The van der Waals surface area contributed by atoms with Crippen molar-refractivity contribution in [1.82, 2.24) is 4.90 Å². The molecule has 0 aromatic heterocycles. The van der Waals surface area contributed by atoms with Crippen molar-refractivity contribution in [2.24, 2.45) is 0 Å². The summed E-state index contributed by atoms with van der Waals surface area (Å²) >= 11 is 0.563. The molecule has 0 aliphatic rings. The normalized spacial score (nSPS) is 11.4. The summed E-state index contributed by atoms with van der Waals surface area (Å²) in [5, 5.41) is 7.16. The summed E-state index contributed by atoms with van der Waals surface area (Å²) in [6.45, 7) is 1.14. The number of hydrogen-bond donors (Lipinski definition) is 0. The molecule has 0 N–H and O–H groups in total. The molecule has 0 heterocycles. The van der Waals surface area contributed by atoms with E-state index >= 15 is 0 Å². The third-order valence-corrected chi connectivity index (χ3v) is 14.2. The molecule has 0 saturated carbocycles. The zero-order chi connectivity index (χ0) is 27.2. The molecule has 0 bridgehead atoms. The fraction of sp³-hybridized carbons (Fsp3) is 0.167. The van der Waals surface area contributed by atoms with Gasteiger partial charge in [-0.05, 0) is 0 Å². The van der Waals surface area contributed by atoms with Gasteiger partial charge in [0.05, 0.1) is 0 Å². The Bertz CT molecular complexity index is 1210. The molecular formula is C36H37NP2Se. The van der Waals surface area contributed by atoms with Crippen LogP contribution in [0.5, 0.6) is 0 Å². The first kappa shape index (κ1) is 28.9. The van der Waals surface area contributed by atoms with Crippen LogP contribution in [-0.4, -0.2) is 39.0 Å². The molecular weight excluding hydrogens is 587 g/mol. The molecule has 0 saturated heterocycles. The SMILES string of the molecule is c1ccc([Se]CCCCN(CP(c2ccccc2)c2ccccc2)CP(c2ccccc2)c2ccccc2)cc1. The van der Waals surface area contributed by atoms with E-state index in [9.17, 15) is 0 Å². The van der Waals surface area contributed by atoms with Crippen LogP contribution in [0.15, 0.2) is 152 Å². The third kappa shape index (κ3) is 8.72. The van der Waals surface area contributed by atoms with E-state index in [0.29, 0.717) is 15.0 Å². The number of unbranched alkanes of at least 4 members (excludes halogenated alkanes) is 1. The Hall–Kier alpha value is -2.56. The summed E-state index contributed by atoms with van der Waals surface area (Å²) in [6.07, 6.45) is 4.71. The Morgan fingerprint density at radius 3 is 1.15 bits per heavy atom. The van der Waals surface area contributed by atoms with Gasteiger partial charge < -0.3 is 0 Å². The quantitative estimate of drug-likeness (QED) is 0.0756. The fourth-order valence-corrected chi connectivity index (χ4v) is 11.6. The van der Waals surface area contributed by atoms with Gasteiger partial charge in [-0.15, -0.1) is 0 Å². The monoisotopic (exact) mass is 625 g/mol. The second-order valence-electron chi connectivity index (χ2n) is 9.74. The third-order valence-electron chi connectivity index (χ3n) is 6.83. The maximum atomic E-state index is 2.80. The minimum atomic E-state index is -0.479. The summed E-state index contributed by atoms with van der Waals surface area (Å²) in [5.74, 6) is 0. The van der Waals surface area contributed by atoms with Crippen molar-refractivity contribution in [2.45, 2.75) is 18.2 Å². The Labute approximate surface area is 249 Å². The summed E-state index contributed by atoms with van der Waals surface area (Å²) < 4.78 is 1.51. The number of rotatable bonds is 14. The molecule has 1 nitrogen and oxygen atoms in total. The van der Waals surface area contributed by atoms with E-state index in [1.54, 1.807) is 0 Å². The molecule has 0 radical (unpaired) electrons. The second-order valence-corrected chi connectivity index (χ2v) is 16.5. The Morgan fingerprint density at radius 1 is 0.425 bits per heavy atom. The Balaban J connectivity index is 1.37. The van der Waals surface area contributed by atoms with Crippen LogP contribution in [0.1, 0.15) is 12.8 Å². The summed E-state index contributed by atoms with van der Waals surface area (Å²) in [4.78, 5) is 2.80. The van der Waals surface area contributed by atoms with Crippen LogP contribution in [0.4, 0.5) is 0 Å². The van der Waals surface area contributed by atoms with Crippen molar-refractivity contribution >= 4 is 56.5 Å². The van der Waals surface area contributed by atoms with Crippen LogP contribution in [0.3, 0.4) is 0 Å². The van der Waals surface area contributed by atoms with Crippen molar-refractivity contribution in [3.05, 3.63) is 152 Å². The number of nitrogens with zero attached hydrogens (tertiary/aromatic N) is 1. The predicted molar refractivity (Wildman–Crippen MR) is 180 cm³/mol. The molecule has 5 aromatic carbocycles. The molecule has 5 rings (SSSR count).